The number of carbonyl (C=O) groups excluding carboxylic acids is 2. The molecule has 2 amide bonds. The van der Waals surface area contributed by atoms with Crippen LogP contribution in [0, 0.1) is 0 Å². The van der Waals surface area contributed by atoms with Gasteiger partial charge in [-0.05, 0) is 31.0 Å². The predicted octanol–water partition coefficient (Wildman–Crippen LogP) is 3.29. The number of aromatic nitrogens is 1. The molecule has 3 rings (SSSR count). The van der Waals surface area contributed by atoms with Crippen LogP contribution in [0.3, 0.4) is 0 Å². The number of amides is 2. The molecule has 2 aromatic rings. The van der Waals surface area contributed by atoms with E-state index in [-0.39, 0.29) is 11.8 Å². The minimum absolute atomic E-state index is 0.209. The first-order valence-corrected chi connectivity index (χ1v) is 8.12. The molecule has 0 bridgehead atoms. The van der Waals surface area contributed by atoms with Crippen LogP contribution in [0.15, 0.2) is 23.7 Å². The van der Waals surface area contributed by atoms with Crippen LogP contribution in [0.5, 0.6) is 0 Å². The highest BCUT2D eigenvalue weighted by atomic mass is 35.5. The molecule has 1 aliphatic carbocycles. The first-order chi connectivity index (χ1) is 10.6. The topological polar surface area (TPSA) is 71.1 Å². The van der Waals surface area contributed by atoms with Gasteiger partial charge >= 0.3 is 0 Å². The summed E-state index contributed by atoms with van der Waals surface area (Å²) in [5.74, 6) is -0.0182. The molecular formula is C15H14ClN3O2S. The van der Waals surface area contributed by atoms with Crippen molar-refractivity contribution in [2.75, 3.05) is 12.4 Å². The average Bonchev–Trinajstić information content (AvgIpc) is 3.25. The highest BCUT2D eigenvalue weighted by molar-refractivity contribution is 7.12. The van der Waals surface area contributed by atoms with E-state index in [1.165, 1.54) is 17.4 Å². The highest BCUT2D eigenvalue weighted by Gasteiger charge is 2.30. The zero-order valence-corrected chi connectivity index (χ0v) is 13.4. The molecule has 2 N–H and O–H groups in total. The minimum atomic E-state index is -0.224. The van der Waals surface area contributed by atoms with Gasteiger partial charge in [0.25, 0.3) is 11.8 Å². The Morgan fingerprint density at radius 2 is 2.09 bits per heavy atom. The lowest BCUT2D eigenvalue weighted by molar-refractivity contribution is 0.0962. The van der Waals surface area contributed by atoms with Gasteiger partial charge in [-0.15, -0.1) is 11.3 Å². The first kappa shape index (κ1) is 15.0. The second-order valence-electron chi connectivity index (χ2n) is 5.07. The Morgan fingerprint density at radius 3 is 2.73 bits per heavy atom. The van der Waals surface area contributed by atoms with Crippen LogP contribution in [0.2, 0.25) is 5.02 Å². The summed E-state index contributed by atoms with van der Waals surface area (Å²) in [4.78, 5) is 28.8. The molecule has 0 radical (unpaired) electrons. The normalized spacial score (nSPS) is 13.7. The number of anilines is 1. The van der Waals surface area contributed by atoms with Gasteiger partial charge in [0.15, 0.2) is 0 Å². The first-order valence-electron chi connectivity index (χ1n) is 6.86. The Morgan fingerprint density at radius 1 is 1.32 bits per heavy atom. The Kier molecular flexibility index (Phi) is 4.13. The smallest absolute Gasteiger partial charge is 0.267 e. The molecule has 1 aromatic carbocycles. The van der Waals surface area contributed by atoms with Gasteiger partial charge in [-0.3, -0.25) is 9.59 Å². The molecule has 1 heterocycles. The van der Waals surface area contributed by atoms with E-state index in [0.29, 0.717) is 27.1 Å². The van der Waals surface area contributed by atoms with Crippen LogP contribution in [-0.4, -0.2) is 23.8 Å². The molecule has 0 atom stereocenters. The maximum atomic E-state index is 12.4. The third kappa shape index (κ3) is 2.98. The standard InChI is InChI=1S/C15H14ClN3O2S/c1-17-14(20)9-4-5-11(10(16)6-9)19-15(21)13-12(8-2-3-8)18-7-22-13/h4-8H,2-3H2,1H3,(H,17,20)(H,19,21). The minimum Gasteiger partial charge on any atom is -0.355 e. The fourth-order valence-corrected chi connectivity index (χ4v) is 3.15. The van der Waals surface area contributed by atoms with Crippen molar-refractivity contribution in [1.82, 2.24) is 10.3 Å². The average molecular weight is 336 g/mol. The van der Waals surface area contributed by atoms with E-state index < -0.39 is 0 Å². The van der Waals surface area contributed by atoms with Gasteiger partial charge in [0.05, 0.1) is 21.9 Å². The highest BCUT2D eigenvalue weighted by Crippen LogP contribution is 2.42. The van der Waals surface area contributed by atoms with Crippen molar-refractivity contribution in [2.45, 2.75) is 18.8 Å². The van der Waals surface area contributed by atoms with Gasteiger partial charge in [0.2, 0.25) is 0 Å². The quantitative estimate of drug-likeness (QED) is 0.900. The Bertz CT molecular complexity index is 740. The maximum absolute atomic E-state index is 12.4. The molecule has 22 heavy (non-hydrogen) atoms. The predicted molar refractivity (Wildman–Crippen MR) is 86.9 cm³/mol. The molecular weight excluding hydrogens is 322 g/mol. The largest absolute Gasteiger partial charge is 0.355 e. The van der Waals surface area contributed by atoms with Crippen LogP contribution >= 0.6 is 22.9 Å². The number of benzene rings is 1. The van der Waals surface area contributed by atoms with E-state index in [1.807, 2.05) is 0 Å². The molecule has 1 aliphatic rings. The summed E-state index contributed by atoms with van der Waals surface area (Å²) in [6.07, 6.45) is 2.18. The third-order valence-electron chi connectivity index (χ3n) is 3.47. The van der Waals surface area contributed by atoms with E-state index in [1.54, 1.807) is 24.7 Å². The van der Waals surface area contributed by atoms with E-state index >= 15 is 0 Å². The lowest BCUT2D eigenvalue weighted by Gasteiger charge is -2.08. The summed E-state index contributed by atoms with van der Waals surface area (Å²) in [6.45, 7) is 0. The maximum Gasteiger partial charge on any atom is 0.267 e. The molecule has 0 spiro atoms. The summed E-state index contributed by atoms with van der Waals surface area (Å²) in [6, 6.07) is 4.78. The Hall–Kier alpha value is -1.92. The molecule has 7 heteroatoms. The lowest BCUT2D eigenvalue weighted by Crippen LogP contribution is -2.18. The van der Waals surface area contributed by atoms with Gasteiger partial charge in [0, 0.05) is 18.5 Å². The van der Waals surface area contributed by atoms with Crippen LogP contribution in [0.4, 0.5) is 5.69 Å². The van der Waals surface area contributed by atoms with Crippen LogP contribution in [-0.2, 0) is 0 Å². The molecule has 1 aromatic heterocycles. The zero-order chi connectivity index (χ0) is 15.7. The molecule has 0 aliphatic heterocycles. The van der Waals surface area contributed by atoms with Crippen LogP contribution in [0.1, 0.15) is 44.5 Å². The second kappa shape index (κ2) is 6.06. The summed E-state index contributed by atoms with van der Waals surface area (Å²) in [5.41, 5.74) is 3.50. The Labute approximate surface area is 136 Å². The summed E-state index contributed by atoms with van der Waals surface area (Å²) >= 11 is 7.48. The van der Waals surface area contributed by atoms with E-state index in [4.69, 9.17) is 11.6 Å². The number of hydrogen-bond acceptors (Lipinski definition) is 4. The van der Waals surface area contributed by atoms with E-state index in [9.17, 15) is 9.59 Å². The lowest BCUT2D eigenvalue weighted by atomic mass is 10.2. The van der Waals surface area contributed by atoms with Crippen molar-refractivity contribution in [3.05, 3.63) is 44.9 Å². The van der Waals surface area contributed by atoms with E-state index in [2.05, 4.69) is 15.6 Å². The van der Waals surface area contributed by atoms with Crippen molar-refractivity contribution < 1.29 is 9.59 Å². The number of hydrogen-bond donors (Lipinski definition) is 2. The number of rotatable bonds is 4. The van der Waals surface area contributed by atoms with Crippen molar-refractivity contribution in [1.29, 1.82) is 0 Å². The van der Waals surface area contributed by atoms with Crippen LogP contribution < -0.4 is 10.6 Å². The van der Waals surface area contributed by atoms with Crippen molar-refractivity contribution in [3.8, 4) is 0 Å². The summed E-state index contributed by atoms with van der Waals surface area (Å²) in [5, 5.41) is 5.64. The van der Waals surface area contributed by atoms with Gasteiger partial charge in [0.1, 0.15) is 4.88 Å². The van der Waals surface area contributed by atoms with Crippen molar-refractivity contribution >= 4 is 40.4 Å². The number of halogens is 1. The number of carbonyl (C=O) groups is 2. The fraction of sp³-hybridized carbons (Fsp3) is 0.267. The fourth-order valence-electron chi connectivity index (χ4n) is 2.15. The van der Waals surface area contributed by atoms with E-state index in [0.717, 1.165) is 18.5 Å². The van der Waals surface area contributed by atoms with Gasteiger partial charge < -0.3 is 10.6 Å². The van der Waals surface area contributed by atoms with Crippen molar-refractivity contribution in [2.24, 2.45) is 0 Å². The number of nitrogens with zero attached hydrogens (tertiary/aromatic N) is 1. The van der Waals surface area contributed by atoms with Crippen molar-refractivity contribution in [3.63, 3.8) is 0 Å². The Balaban J connectivity index is 1.79. The summed E-state index contributed by atoms with van der Waals surface area (Å²) in [7, 11) is 1.55. The van der Waals surface area contributed by atoms with Gasteiger partial charge in [-0.2, -0.15) is 0 Å². The molecule has 0 unspecified atom stereocenters. The monoisotopic (exact) mass is 335 g/mol. The molecule has 0 saturated heterocycles. The molecule has 114 valence electrons. The second-order valence-corrected chi connectivity index (χ2v) is 6.33. The van der Waals surface area contributed by atoms with Gasteiger partial charge in [-0.1, -0.05) is 11.6 Å². The number of nitrogens with one attached hydrogen (secondary N) is 2. The summed E-state index contributed by atoms with van der Waals surface area (Å²) < 4.78 is 0. The number of thiazole rings is 1. The third-order valence-corrected chi connectivity index (χ3v) is 4.63. The molecule has 1 saturated carbocycles. The van der Waals surface area contributed by atoms with Crippen LogP contribution in [0.25, 0.3) is 0 Å². The van der Waals surface area contributed by atoms with Gasteiger partial charge in [-0.25, -0.2) is 4.98 Å². The zero-order valence-electron chi connectivity index (χ0n) is 11.9. The molecule has 5 nitrogen and oxygen atoms in total. The SMILES string of the molecule is CNC(=O)c1ccc(NC(=O)c2scnc2C2CC2)c(Cl)c1. The molecule has 1 fully saturated rings.